The van der Waals surface area contributed by atoms with E-state index in [1.165, 1.54) is 16.8 Å². The van der Waals surface area contributed by atoms with Crippen LogP contribution >= 0.6 is 23.2 Å². The van der Waals surface area contributed by atoms with Crippen LogP contribution in [0.25, 0.3) is 66.6 Å². The van der Waals surface area contributed by atoms with Crippen molar-refractivity contribution in [2.24, 2.45) is 40.9 Å². The van der Waals surface area contributed by atoms with E-state index in [0.29, 0.717) is 122 Å². The van der Waals surface area contributed by atoms with Crippen molar-refractivity contribution in [2.75, 3.05) is 42.5 Å². The molecule has 4 aliphatic rings. The van der Waals surface area contributed by atoms with E-state index in [9.17, 15) is 4.79 Å². The van der Waals surface area contributed by atoms with Crippen LogP contribution in [0, 0.1) is 35.3 Å². The van der Waals surface area contributed by atoms with Gasteiger partial charge in [-0.15, -0.1) is 0 Å². The van der Waals surface area contributed by atoms with Gasteiger partial charge in [-0.05, 0) is 97.9 Å². The molecule has 2 saturated heterocycles. The number of carbonyl (C=O) groups excluding carboxylic acids is 1. The molecule has 0 bridgehead atoms. The fourth-order valence-electron chi connectivity index (χ4n) is 13.9. The number of hydrogen-bond donors (Lipinski definition) is 5. The number of rotatable bonds is 12. The highest BCUT2D eigenvalue weighted by Gasteiger charge is 2.72. The van der Waals surface area contributed by atoms with Gasteiger partial charge in [-0.2, -0.15) is 20.4 Å². The molecule has 6 aromatic heterocycles. The predicted octanol–water partition coefficient (Wildman–Crippen LogP) is 8.02. The normalized spacial score (nSPS) is 23.8. The second-order valence-corrected chi connectivity index (χ2v) is 22.2. The molecule has 8 N–H and O–H groups in total. The van der Waals surface area contributed by atoms with Crippen molar-refractivity contribution in [3.8, 4) is 22.5 Å². The fourth-order valence-corrected chi connectivity index (χ4v) is 14.5. The summed E-state index contributed by atoms with van der Waals surface area (Å²) in [6, 6.07) is 19.0. The fraction of sp³-hybridized carbons (Fsp3) is 0.327. The predicted molar refractivity (Wildman–Crippen MR) is 290 cm³/mol. The molecule has 2 unspecified atom stereocenters. The zero-order chi connectivity index (χ0) is 52.8. The largest absolute Gasteiger partial charge is 0.368 e. The first-order chi connectivity index (χ1) is 37.3. The van der Waals surface area contributed by atoms with Crippen molar-refractivity contribution in [3.63, 3.8) is 0 Å². The van der Waals surface area contributed by atoms with Crippen molar-refractivity contribution in [3.05, 3.63) is 130 Å². The van der Waals surface area contributed by atoms with Gasteiger partial charge in [0.1, 0.15) is 40.3 Å². The Morgan fingerprint density at radius 2 is 1.34 bits per heavy atom. The number of nitrogens with zero attached hydrogens (tertiary/aromatic N) is 12. The number of halogens is 4. The summed E-state index contributed by atoms with van der Waals surface area (Å²) in [6.45, 7) is 6.90. The van der Waals surface area contributed by atoms with Crippen molar-refractivity contribution < 1.29 is 13.6 Å². The molecule has 8 atom stereocenters. The number of piperidine rings is 2. The molecule has 0 radical (unpaired) electrons. The van der Waals surface area contributed by atoms with E-state index in [0.717, 1.165) is 29.4 Å². The number of benzene rings is 4. The number of nitrogens with one attached hydrogen (secondary N) is 2. The maximum absolute atomic E-state index is 16.3. The third kappa shape index (κ3) is 6.93. The second kappa shape index (κ2) is 17.4. The van der Waals surface area contributed by atoms with Crippen molar-refractivity contribution in [1.82, 2.24) is 59.9 Å². The van der Waals surface area contributed by atoms with Gasteiger partial charge >= 0.3 is 0 Å². The Bertz CT molecular complexity index is 4040. The number of aromatic amines is 2. The quantitative estimate of drug-likeness (QED) is 0.0779. The maximum atomic E-state index is 16.3. The Hall–Kier alpha value is -7.65. The molecule has 77 heavy (non-hydrogen) atoms. The summed E-state index contributed by atoms with van der Waals surface area (Å²) >= 11 is 14.3. The van der Waals surface area contributed by atoms with Crippen LogP contribution in [0.1, 0.15) is 49.9 Å². The molecule has 2 saturated carbocycles. The Labute approximate surface area is 448 Å². The number of hydrogen-bond acceptors (Lipinski definition) is 13. The molecular weight excluding hydrogens is 1020 g/mol. The minimum atomic E-state index is -1.20. The summed E-state index contributed by atoms with van der Waals surface area (Å²) in [6.07, 6.45) is 8.35. The number of anilines is 2. The van der Waals surface area contributed by atoms with E-state index in [1.807, 2.05) is 35.0 Å². The third-order valence-electron chi connectivity index (χ3n) is 17.6. The molecule has 4 aromatic carbocycles. The van der Waals surface area contributed by atoms with Gasteiger partial charge in [0, 0.05) is 83.7 Å². The summed E-state index contributed by atoms with van der Waals surface area (Å²) in [4.78, 5) is 37.7. The van der Waals surface area contributed by atoms with E-state index < -0.39 is 34.6 Å². The third-order valence-corrected chi connectivity index (χ3v) is 18.4. The number of nitrogens with two attached hydrogens (primary N) is 3. The monoisotopic (exact) mass is 1070 g/mol. The van der Waals surface area contributed by atoms with Gasteiger partial charge in [-0.25, -0.2) is 28.7 Å². The Morgan fingerprint density at radius 1 is 0.753 bits per heavy atom. The molecule has 4 fully saturated rings. The molecule has 0 spiro atoms. The maximum Gasteiger partial charge on any atom is 0.243 e. The van der Waals surface area contributed by atoms with Crippen LogP contribution < -0.4 is 27.0 Å². The van der Waals surface area contributed by atoms with E-state index in [1.54, 1.807) is 55.1 Å². The Balaban J connectivity index is 0.738. The first-order valence-corrected chi connectivity index (χ1v) is 26.6. The van der Waals surface area contributed by atoms with Gasteiger partial charge in [0.05, 0.1) is 51.1 Å². The summed E-state index contributed by atoms with van der Waals surface area (Å²) in [7, 11) is 0. The first kappa shape index (κ1) is 47.8. The number of H-pyrrole nitrogens is 2. The highest BCUT2D eigenvalue weighted by atomic mass is 35.5. The lowest BCUT2D eigenvalue weighted by Gasteiger charge is -2.32. The van der Waals surface area contributed by atoms with E-state index in [2.05, 4.69) is 49.1 Å². The van der Waals surface area contributed by atoms with Crippen molar-refractivity contribution in [2.45, 2.75) is 55.6 Å². The van der Waals surface area contributed by atoms with Crippen LogP contribution in [0.5, 0.6) is 0 Å². The van der Waals surface area contributed by atoms with Gasteiger partial charge < -0.3 is 27.0 Å². The molecule has 8 heterocycles. The van der Waals surface area contributed by atoms with Crippen molar-refractivity contribution >= 4 is 84.9 Å². The van der Waals surface area contributed by atoms with E-state index in [-0.39, 0.29) is 29.6 Å². The average molecular weight is 1080 g/mol. The minimum Gasteiger partial charge on any atom is -0.368 e. The lowest BCUT2D eigenvalue weighted by atomic mass is 9.80. The summed E-state index contributed by atoms with van der Waals surface area (Å²) in [5.41, 5.74) is 25.6. The van der Waals surface area contributed by atoms with E-state index >= 15 is 8.78 Å². The smallest absolute Gasteiger partial charge is 0.243 e. The number of aromatic nitrogens is 12. The van der Waals surface area contributed by atoms with Gasteiger partial charge in [0.2, 0.25) is 17.2 Å². The number of amides is 1. The van der Waals surface area contributed by atoms with Gasteiger partial charge in [0.25, 0.3) is 0 Å². The molecule has 1 amide bonds. The van der Waals surface area contributed by atoms with Crippen LogP contribution in [0.4, 0.5) is 20.4 Å². The highest BCUT2D eigenvalue weighted by Crippen LogP contribution is 2.67. The van der Waals surface area contributed by atoms with Gasteiger partial charge in [0.15, 0.2) is 0 Å². The zero-order valence-corrected chi connectivity index (χ0v) is 43.3. The highest BCUT2D eigenvalue weighted by molar-refractivity contribution is 6.39. The summed E-state index contributed by atoms with van der Waals surface area (Å²) in [5, 5.41) is 26.9. The summed E-state index contributed by atoms with van der Waals surface area (Å²) < 4.78 is 34.8. The SMILES string of the molecule is CC(C)n1ncc2c(Cl)c(-c3[nH]nc4nc(N5CC[C@@H]6[C@H](C5)[C@]6(c5ccccc5F)C(N)C(C(N)=O)n5cc6c(Cl)c(-c7[nH]nc8nc(N9CC[C@@H]%10[C@H](C9)[C@@]%10(CN)c9ccccc9F)cnc78)ccc6n5)cnc34)ccc21. The molecule has 18 nitrogen and oxygen atoms in total. The lowest BCUT2D eigenvalue weighted by Crippen LogP contribution is -2.50. The minimum absolute atomic E-state index is 0.104. The molecular formula is C55H51Cl2F2N17O. The van der Waals surface area contributed by atoms with Crippen LogP contribution in [0.2, 0.25) is 10.0 Å². The number of fused-ring (bicyclic) bond motifs is 6. The zero-order valence-electron chi connectivity index (χ0n) is 41.7. The van der Waals surface area contributed by atoms with Crippen LogP contribution in [0.3, 0.4) is 0 Å². The Morgan fingerprint density at radius 3 is 1.95 bits per heavy atom. The number of primary amides is 1. The average Bonchev–Trinajstić information content (AvgIpc) is 4.04. The van der Waals surface area contributed by atoms with Crippen LogP contribution in [-0.2, 0) is 15.6 Å². The summed E-state index contributed by atoms with van der Waals surface area (Å²) in [5.74, 6) is 0.0539. The van der Waals surface area contributed by atoms with Crippen LogP contribution in [-0.4, -0.2) is 105 Å². The van der Waals surface area contributed by atoms with Crippen molar-refractivity contribution in [1.29, 1.82) is 0 Å². The first-order valence-electron chi connectivity index (χ1n) is 25.8. The molecule has 390 valence electrons. The molecule has 22 heteroatoms. The Kier molecular flexibility index (Phi) is 10.8. The van der Waals surface area contributed by atoms with Crippen LogP contribution in [0.15, 0.2) is 97.6 Å². The lowest BCUT2D eigenvalue weighted by molar-refractivity contribution is -0.122. The molecule has 10 aromatic rings. The molecule has 2 aliphatic heterocycles. The molecule has 2 aliphatic carbocycles. The standard InChI is InChI=1S/C55H51Cl2F2N17O/c1-26(2)76-40-14-12-28(43(56)29(40)19-65-76)46-48-53(71-69-46)67-42(21-64-48)74-18-16-32-36(24-74)55(32,34-8-4-6-10-38(34)59)50(61)49(51(62)77)75-22-30-39(72-75)13-11-27(44(30)57)45-47-52(70-68-45)66-41(20-63-47)73-17-15-31-35(23-73)54(31,25-60)33-7-3-5-9-37(33)58/h3-14,19-22,26,31-32,35-36,49-50H,15-18,23-25,60-61H2,1-2H3,(H2,62,77)(H,66,68,70)(H,67,69,71)/t31-,32-,35+,36+,49?,50?,54-,55+/m1/s1. The molecule has 14 rings (SSSR count). The van der Waals surface area contributed by atoms with E-state index in [4.69, 9.17) is 65.4 Å². The topological polar surface area (TPSA) is 246 Å². The van der Waals surface area contributed by atoms with Gasteiger partial charge in [-0.1, -0.05) is 59.6 Å². The second-order valence-electron chi connectivity index (χ2n) is 21.4. The van der Waals surface area contributed by atoms with Gasteiger partial charge in [-0.3, -0.25) is 24.4 Å². The number of carbonyl (C=O) groups is 1.